The molecule has 1 N–H and O–H groups in total. The highest BCUT2D eigenvalue weighted by atomic mass is 16.1. The Hall–Kier alpha value is -1.56. The molecule has 0 aliphatic heterocycles. The van der Waals surface area contributed by atoms with Crippen LogP contribution >= 0.6 is 0 Å². The summed E-state index contributed by atoms with van der Waals surface area (Å²) in [5.74, 6) is 0.175. The van der Waals surface area contributed by atoms with Crippen LogP contribution in [0.2, 0.25) is 0 Å². The van der Waals surface area contributed by atoms with Crippen molar-refractivity contribution in [1.82, 2.24) is 4.98 Å². The minimum Gasteiger partial charge on any atom is -0.325 e. The molecule has 1 rings (SSSR count). The summed E-state index contributed by atoms with van der Waals surface area (Å²) >= 11 is 0. The van der Waals surface area contributed by atoms with Crippen molar-refractivity contribution in [2.45, 2.75) is 19.8 Å². The van der Waals surface area contributed by atoms with E-state index in [2.05, 4.69) is 4.98 Å². The fourth-order valence-corrected chi connectivity index (χ4v) is 1.04. The number of nitriles is 1. The second-order valence-corrected chi connectivity index (χ2v) is 2.92. The Labute approximate surface area is 70.7 Å². The van der Waals surface area contributed by atoms with Gasteiger partial charge in [-0.25, -0.2) is 0 Å². The number of nitrogens with zero attached hydrogens (tertiary/aromatic N) is 1. The molecule has 0 fully saturated rings. The smallest absolute Gasteiger partial charge is 0.248 e. The summed E-state index contributed by atoms with van der Waals surface area (Å²) < 4.78 is 0. The molecule has 0 atom stereocenters. The van der Waals surface area contributed by atoms with Crippen molar-refractivity contribution in [2.75, 3.05) is 0 Å². The first kappa shape index (κ1) is 8.54. The number of hydrogen-bond acceptors (Lipinski definition) is 2. The first-order valence-corrected chi connectivity index (χ1v) is 3.78. The molecule has 0 aliphatic carbocycles. The molecule has 0 amide bonds. The summed E-state index contributed by atoms with van der Waals surface area (Å²) in [5, 5.41) is 8.69. The van der Waals surface area contributed by atoms with E-state index in [1.165, 1.54) is 6.07 Å². The third-order valence-electron chi connectivity index (χ3n) is 1.65. The van der Waals surface area contributed by atoms with Crippen molar-refractivity contribution in [1.29, 1.82) is 5.26 Å². The van der Waals surface area contributed by atoms with E-state index in [0.29, 0.717) is 11.3 Å². The van der Waals surface area contributed by atoms with Gasteiger partial charge in [0.05, 0.1) is 5.56 Å². The van der Waals surface area contributed by atoms with E-state index >= 15 is 0 Å². The topological polar surface area (TPSA) is 56.6 Å². The molecule has 0 unspecified atom stereocenters. The number of H-pyrrole nitrogens is 1. The fourth-order valence-electron chi connectivity index (χ4n) is 1.04. The minimum atomic E-state index is -0.155. The van der Waals surface area contributed by atoms with Crippen LogP contribution in [-0.4, -0.2) is 4.98 Å². The van der Waals surface area contributed by atoms with E-state index in [-0.39, 0.29) is 11.5 Å². The van der Waals surface area contributed by atoms with Gasteiger partial charge >= 0.3 is 0 Å². The molecule has 0 aromatic carbocycles. The Morgan fingerprint density at radius 1 is 1.50 bits per heavy atom. The fraction of sp³-hybridized carbons (Fsp3) is 0.333. The zero-order valence-electron chi connectivity index (χ0n) is 7.09. The van der Waals surface area contributed by atoms with Gasteiger partial charge in [-0.05, 0) is 12.0 Å². The van der Waals surface area contributed by atoms with Gasteiger partial charge < -0.3 is 4.98 Å². The van der Waals surface area contributed by atoms with E-state index in [1.807, 2.05) is 19.9 Å². The minimum absolute atomic E-state index is 0.155. The van der Waals surface area contributed by atoms with Gasteiger partial charge in [0.25, 0.3) is 0 Å². The molecule has 3 heteroatoms. The van der Waals surface area contributed by atoms with Gasteiger partial charge in [-0.15, -0.1) is 0 Å². The molecule has 0 aliphatic rings. The Morgan fingerprint density at radius 2 is 2.17 bits per heavy atom. The average Bonchev–Trinajstić information content (AvgIpc) is 2.04. The van der Waals surface area contributed by atoms with E-state index in [4.69, 9.17) is 5.26 Å². The molecule has 0 radical (unpaired) electrons. The van der Waals surface area contributed by atoms with E-state index in [1.54, 1.807) is 6.07 Å². The zero-order valence-corrected chi connectivity index (χ0v) is 7.09. The molecule has 1 aromatic rings. The summed E-state index contributed by atoms with van der Waals surface area (Å²) in [7, 11) is 0. The summed E-state index contributed by atoms with van der Waals surface area (Å²) in [6, 6.07) is 4.95. The molecule has 12 heavy (non-hydrogen) atoms. The van der Waals surface area contributed by atoms with Crippen LogP contribution in [0.1, 0.15) is 31.0 Å². The molecular weight excluding hydrogens is 152 g/mol. The highest BCUT2D eigenvalue weighted by Gasteiger charge is 2.05. The Kier molecular flexibility index (Phi) is 2.29. The number of nitrogens with one attached hydrogen (secondary N) is 1. The molecule has 3 nitrogen and oxygen atoms in total. The van der Waals surface area contributed by atoms with Crippen molar-refractivity contribution in [3.05, 3.63) is 33.7 Å². The predicted molar refractivity (Wildman–Crippen MR) is 45.9 cm³/mol. The van der Waals surface area contributed by atoms with Crippen molar-refractivity contribution >= 4 is 0 Å². The molecule has 62 valence electrons. The number of aromatic amines is 1. The van der Waals surface area contributed by atoms with Crippen LogP contribution in [0.5, 0.6) is 0 Å². The lowest BCUT2D eigenvalue weighted by atomic mass is 10.1. The maximum absolute atomic E-state index is 10.9. The van der Waals surface area contributed by atoms with Gasteiger partial charge in [-0.3, -0.25) is 4.79 Å². The molecule has 1 aromatic heterocycles. The highest BCUT2D eigenvalue weighted by molar-refractivity contribution is 5.34. The lowest BCUT2D eigenvalue weighted by molar-refractivity contribution is 0.811. The standard InChI is InChI=1S/C9H10N2O/c1-6(2)9-7(5-10)3-4-8(12)11-9/h3-4,6H,1-2H3,(H,11,12). The number of pyridine rings is 1. The number of hydrogen-bond donors (Lipinski definition) is 1. The SMILES string of the molecule is CC(C)c1[nH]c(=O)ccc1C#N. The van der Waals surface area contributed by atoms with E-state index < -0.39 is 0 Å². The Morgan fingerprint density at radius 3 is 2.67 bits per heavy atom. The second-order valence-electron chi connectivity index (χ2n) is 2.92. The summed E-state index contributed by atoms with van der Waals surface area (Å²) in [4.78, 5) is 13.5. The summed E-state index contributed by atoms with van der Waals surface area (Å²) in [6.45, 7) is 3.87. The Balaban J connectivity index is 3.34. The molecular formula is C9H10N2O. The van der Waals surface area contributed by atoms with Crippen LogP contribution < -0.4 is 5.56 Å². The van der Waals surface area contributed by atoms with Crippen LogP contribution in [-0.2, 0) is 0 Å². The van der Waals surface area contributed by atoms with Crippen LogP contribution in [0.4, 0.5) is 0 Å². The van der Waals surface area contributed by atoms with Crippen LogP contribution in [0, 0.1) is 11.3 Å². The molecule has 0 saturated heterocycles. The second kappa shape index (κ2) is 3.22. The van der Waals surface area contributed by atoms with Gasteiger partial charge in [-0.2, -0.15) is 5.26 Å². The van der Waals surface area contributed by atoms with E-state index in [0.717, 1.165) is 0 Å². The van der Waals surface area contributed by atoms with Gasteiger partial charge in [0.1, 0.15) is 6.07 Å². The molecule has 1 heterocycles. The van der Waals surface area contributed by atoms with Gasteiger partial charge in [0, 0.05) is 11.8 Å². The van der Waals surface area contributed by atoms with Crippen molar-refractivity contribution < 1.29 is 0 Å². The normalized spacial score (nSPS) is 9.83. The van der Waals surface area contributed by atoms with Crippen LogP contribution in [0.3, 0.4) is 0 Å². The predicted octanol–water partition coefficient (Wildman–Crippen LogP) is 1.37. The summed E-state index contributed by atoms with van der Waals surface area (Å²) in [6.07, 6.45) is 0. The van der Waals surface area contributed by atoms with Crippen molar-refractivity contribution in [2.24, 2.45) is 0 Å². The van der Waals surface area contributed by atoms with E-state index in [9.17, 15) is 4.79 Å². The molecule has 0 saturated carbocycles. The zero-order chi connectivity index (χ0) is 9.14. The monoisotopic (exact) mass is 162 g/mol. The van der Waals surface area contributed by atoms with Crippen LogP contribution in [0.25, 0.3) is 0 Å². The van der Waals surface area contributed by atoms with Crippen LogP contribution in [0.15, 0.2) is 16.9 Å². The Bertz CT molecular complexity index is 371. The largest absolute Gasteiger partial charge is 0.325 e. The third kappa shape index (κ3) is 1.54. The summed E-state index contributed by atoms with van der Waals surface area (Å²) in [5.41, 5.74) is 1.10. The molecule has 0 bridgehead atoms. The lowest BCUT2D eigenvalue weighted by Crippen LogP contribution is -2.09. The highest BCUT2D eigenvalue weighted by Crippen LogP contribution is 2.13. The molecule has 0 spiro atoms. The van der Waals surface area contributed by atoms with Gasteiger partial charge in [0.2, 0.25) is 5.56 Å². The van der Waals surface area contributed by atoms with Crippen molar-refractivity contribution in [3.8, 4) is 6.07 Å². The lowest BCUT2D eigenvalue weighted by Gasteiger charge is -2.05. The maximum atomic E-state index is 10.9. The average molecular weight is 162 g/mol. The van der Waals surface area contributed by atoms with Gasteiger partial charge in [0.15, 0.2) is 0 Å². The maximum Gasteiger partial charge on any atom is 0.248 e. The first-order chi connectivity index (χ1) is 5.65. The van der Waals surface area contributed by atoms with Crippen molar-refractivity contribution in [3.63, 3.8) is 0 Å². The first-order valence-electron chi connectivity index (χ1n) is 3.78. The number of rotatable bonds is 1. The van der Waals surface area contributed by atoms with Gasteiger partial charge in [-0.1, -0.05) is 13.8 Å². The third-order valence-corrected chi connectivity index (χ3v) is 1.65. The number of aromatic nitrogens is 1. The quantitative estimate of drug-likeness (QED) is 0.678.